The molecule has 0 bridgehead atoms. The Hall–Kier alpha value is -2.20. The molecule has 0 aromatic heterocycles. The first-order valence-electron chi connectivity index (χ1n) is 5.88. The number of nitrogens with one attached hydrogen (secondary N) is 1. The molecule has 3 rings (SSSR count). The lowest BCUT2D eigenvalue weighted by Gasteiger charge is -2.23. The summed E-state index contributed by atoms with van der Waals surface area (Å²) in [6.07, 6.45) is 0. The summed E-state index contributed by atoms with van der Waals surface area (Å²) in [7, 11) is 0. The molecule has 0 fully saturated rings. The molecule has 1 heterocycles. The number of anilines is 2. The van der Waals surface area contributed by atoms with Gasteiger partial charge in [0, 0.05) is 6.54 Å². The van der Waals surface area contributed by atoms with Crippen LogP contribution in [0.2, 0.25) is 0 Å². The Morgan fingerprint density at radius 3 is 2.78 bits per heavy atom. The third kappa shape index (κ3) is 1.87. The molecule has 92 valence electrons. The fraction of sp³-hybridized carbons (Fsp3) is 0.143. The third-order valence-electron chi connectivity index (χ3n) is 2.73. The van der Waals surface area contributed by atoms with Gasteiger partial charge in [-0.3, -0.25) is 0 Å². The van der Waals surface area contributed by atoms with E-state index in [2.05, 4.69) is 5.32 Å². The topological polar surface area (TPSA) is 56.5 Å². The summed E-state index contributed by atoms with van der Waals surface area (Å²) in [6, 6.07) is 13.5. The molecule has 2 aromatic rings. The van der Waals surface area contributed by atoms with Gasteiger partial charge in [-0.1, -0.05) is 18.2 Å². The van der Waals surface area contributed by atoms with Crippen molar-refractivity contribution in [1.29, 1.82) is 0 Å². The molecule has 0 atom stereocenters. The molecular weight excluding hydrogens is 228 g/mol. The highest BCUT2D eigenvalue weighted by molar-refractivity contribution is 5.79. The largest absolute Gasteiger partial charge is 0.490 e. The summed E-state index contributed by atoms with van der Waals surface area (Å²) in [6.45, 7) is 0.973. The molecule has 0 aliphatic carbocycles. The minimum Gasteiger partial charge on any atom is -0.490 e. The second-order valence-corrected chi connectivity index (χ2v) is 3.99. The van der Waals surface area contributed by atoms with Crippen LogP contribution in [-0.4, -0.2) is 13.2 Å². The van der Waals surface area contributed by atoms with Crippen LogP contribution >= 0.6 is 0 Å². The number of hydrogen-bond acceptors (Lipinski definition) is 4. The second kappa shape index (κ2) is 4.58. The lowest BCUT2D eigenvalue weighted by molar-refractivity contribution is 0.328. The van der Waals surface area contributed by atoms with E-state index < -0.39 is 0 Å². The molecule has 2 aromatic carbocycles. The van der Waals surface area contributed by atoms with E-state index in [0.717, 1.165) is 28.6 Å². The Bertz CT molecular complexity index is 569. The van der Waals surface area contributed by atoms with Crippen LogP contribution in [-0.2, 0) is 0 Å². The fourth-order valence-electron chi connectivity index (χ4n) is 1.92. The van der Waals surface area contributed by atoms with E-state index in [9.17, 15) is 0 Å². The van der Waals surface area contributed by atoms with E-state index in [1.54, 1.807) is 0 Å². The molecule has 0 saturated carbocycles. The molecule has 0 amide bonds. The predicted molar refractivity (Wildman–Crippen MR) is 70.8 cm³/mol. The van der Waals surface area contributed by atoms with Gasteiger partial charge in [0.15, 0.2) is 11.5 Å². The molecular formula is C14H14N2O2. The average Bonchev–Trinajstić information content (AvgIpc) is 2.43. The highest BCUT2D eigenvalue weighted by Gasteiger charge is 2.19. The van der Waals surface area contributed by atoms with E-state index >= 15 is 0 Å². The number of para-hydroxylation sites is 3. The molecule has 4 heteroatoms. The van der Waals surface area contributed by atoms with Crippen LogP contribution < -0.4 is 20.5 Å². The Morgan fingerprint density at radius 1 is 1.06 bits per heavy atom. The average molecular weight is 242 g/mol. The minimum absolute atomic E-state index is 0.486. The Labute approximate surface area is 105 Å². The van der Waals surface area contributed by atoms with Gasteiger partial charge in [-0.15, -0.1) is 0 Å². The molecule has 0 spiro atoms. The summed E-state index contributed by atoms with van der Waals surface area (Å²) in [5.41, 5.74) is 7.24. The van der Waals surface area contributed by atoms with Gasteiger partial charge in [0.1, 0.15) is 18.0 Å². The number of ether oxygens (including phenoxy) is 2. The van der Waals surface area contributed by atoms with Gasteiger partial charge in [-0.25, -0.2) is 0 Å². The lowest BCUT2D eigenvalue weighted by Crippen LogP contribution is -2.12. The van der Waals surface area contributed by atoms with Crippen molar-refractivity contribution < 1.29 is 9.47 Å². The Balaban J connectivity index is 1.97. The van der Waals surface area contributed by atoms with Crippen molar-refractivity contribution >= 4 is 11.4 Å². The van der Waals surface area contributed by atoms with E-state index in [1.165, 1.54) is 0 Å². The maximum atomic E-state index is 5.82. The highest BCUT2D eigenvalue weighted by atomic mass is 16.5. The normalized spacial score (nSPS) is 11.8. The number of benzene rings is 2. The van der Waals surface area contributed by atoms with Gasteiger partial charge in [-0.05, 0) is 24.3 Å². The number of hydrogen-bond donors (Lipinski definition) is 2. The van der Waals surface area contributed by atoms with Gasteiger partial charge < -0.3 is 20.5 Å². The molecule has 3 N–H and O–H groups in total. The molecule has 0 saturated heterocycles. The van der Waals surface area contributed by atoms with Gasteiger partial charge in [-0.2, -0.15) is 0 Å². The van der Waals surface area contributed by atoms with Crippen LogP contribution in [0.25, 0.3) is 0 Å². The van der Waals surface area contributed by atoms with Gasteiger partial charge in [0.2, 0.25) is 0 Å². The smallest absolute Gasteiger partial charge is 0.154 e. The van der Waals surface area contributed by atoms with Crippen LogP contribution in [0.3, 0.4) is 0 Å². The molecule has 1 aliphatic rings. The Morgan fingerprint density at radius 2 is 1.89 bits per heavy atom. The number of fused-ring (bicyclic) bond motifs is 2. The molecule has 0 radical (unpaired) electrons. The summed E-state index contributed by atoms with van der Waals surface area (Å²) >= 11 is 0. The Kier molecular flexibility index (Phi) is 2.78. The van der Waals surface area contributed by atoms with Crippen LogP contribution in [0, 0.1) is 0 Å². The third-order valence-corrected chi connectivity index (χ3v) is 2.73. The zero-order valence-electron chi connectivity index (χ0n) is 9.85. The number of rotatable bonds is 3. The van der Waals surface area contributed by atoms with Crippen LogP contribution in [0.15, 0.2) is 42.5 Å². The van der Waals surface area contributed by atoms with Crippen molar-refractivity contribution in [2.24, 2.45) is 5.73 Å². The summed E-state index contributed by atoms with van der Waals surface area (Å²) < 4.78 is 11.4. The lowest BCUT2D eigenvalue weighted by atomic mass is 10.2. The fourth-order valence-corrected chi connectivity index (χ4v) is 1.92. The quantitative estimate of drug-likeness (QED) is 0.741. The summed E-state index contributed by atoms with van der Waals surface area (Å²) in [5.74, 6) is 2.34. The van der Waals surface area contributed by atoms with Crippen molar-refractivity contribution in [3.05, 3.63) is 42.5 Å². The SMILES string of the molecule is NCCOc1cccc2c1Nc1ccccc1O2. The van der Waals surface area contributed by atoms with E-state index in [4.69, 9.17) is 15.2 Å². The first kappa shape index (κ1) is 10.9. The van der Waals surface area contributed by atoms with Gasteiger partial charge >= 0.3 is 0 Å². The monoisotopic (exact) mass is 242 g/mol. The van der Waals surface area contributed by atoms with Crippen molar-refractivity contribution in [2.75, 3.05) is 18.5 Å². The molecule has 0 unspecified atom stereocenters. The van der Waals surface area contributed by atoms with Crippen molar-refractivity contribution in [3.63, 3.8) is 0 Å². The maximum Gasteiger partial charge on any atom is 0.154 e. The van der Waals surface area contributed by atoms with E-state index in [-0.39, 0.29) is 0 Å². The number of nitrogens with two attached hydrogens (primary N) is 1. The zero-order chi connectivity index (χ0) is 12.4. The minimum atomic E-state index is 0.486. The van der Waals surface area contributed by atoms with Gasteiger partial charge in [0.25, 0.3) is 0 Å². The zero-order valence-corrected chi connectivity index (χ0v) is 9.85. The maximum absolute atomic E-state index is 5.82. The highest BCUT2D eigenvalue weighted by Crippen LogP contribution is 2.45. The summed E-state index contributed by atoms with van der Waals surface area (Å²) in [4.78, 5) is 0. The van der Waals surface area contributed by atoms with Gasteiger partial charge in [0.05, 0.1) is 5.69 Å². The second-order valence-electron chi connectivity index (χ2n) is 3.99. The first-order chi connectivity index (χ1) is 8.88. The standard InChI is InChI=1S/C14H14N2O2/c15-8-9-17-12-6-3-7-13-14(12)16-10-4-1-2-5-11(10)18-13/h1-7,16H,8-9,15H2. The first-order valence-corrected chi connectivity index (χ1v) is 5.88. The van der Waals surface area contributed by atoms with Crippen molar-refractivity contribution in [2.45, 2.75) is 0 Å². The molecule has 1 aliphatic heterocycles. The van der Waals surface area contributed by atoms with Crippen molar-refractivity contribution in [3.8, 4) is 17.2 Å². The van der Waals surface area contributed by atoms with E-state index in [1.807, 2.05) is 42.5 Å². The van der Waals surface area contributed by atoms with Crippen molar-refractivity contribution in [1.82, 2.24) is 0 Å². The van der Waals surface area contributed by atoms with E-state index in [0.29, 0.717) is 13.2 Å². The predicted octanol–water partition coefficient (Wildman–Crippen LogP) is 2.87. The van der Waals surface area contributed by atoms with Crippen LogP contribution in [0.1, 0.15) is 0 Å². The van der Waals surface area contributed by atoms with Crippen LogP contribution in [0.4, 0.5) is 11.4 Å². The molecule has 4 nitrogen and oxygen atoms in total. The summed E-state index contributed by atoms with van der Waals surface area (Å²) in [5, 5.41) is 3.33. The molecule has 18 heavy (non-hydrogen) atoms. The van der Waals surface area contributed by atoms with Crippen LogP contribution in [0.5, 0.6) is 17.2 Å².